The first kappa shape index (κ1) is 16.1. The fourth-order valence-electron chi connectivity index (χ4n) is 3.71. The van der Waals surface area contributed by atoms with E-state index >= 15 is 0 Å². The van der Waals surface area contributed by atoms with Crippen molar-refractivity contribution in [2.45, 2.75) is 46.0 Å². The number of aromatic nitrogens is 3. The van der Waals surface area contributed by atoms with Gasteiger partial charge in [-0.1, -0.05) is 44.2 Å². The molecule has 1 aliphatic rings. The van der Waals surface area contributed by atoms with Crippen LogP contribution in [-0.2, 0) is 0 Å². The summed E-state index contributed by atoms with van der Waals surface area (Å²) in [6.45, 7) is 8.73. The van der Waals surface area contributed by atoms with Crippen molar-refractivity contribution in [3.8, 4) is 11.1 Å². The molecule has 4 nitrogen and oxygen atoms in total. The van der Waals surface area contributed by atoms with Crippen molar-refractivity contribution in [1.29, 1.82) is 0 Å². The lowest BCUT2D eigenvalue weighted by Gasteiger charge is -2.29. The summed E-state index contributed by atoms with van der Waals surface area (Å²) in [5.74, 6) is 1.59. The van der Waals surface area contributed by atoms with Crippen LogP contribution in [0.2, 0.25) is 0 Å². The van der Waals surface area contributed by atoms with Gasteiger partial charge in [-0.05, 0) is 37.7 Å². The molecule has 1 fully saturated rings. The SMILES string of the molecule is Cc1nn2c(N3CCCCC3)cc(C(C)C)nc2c1-c1ccccc1. The first-order valence-corrected chi connectivity index (χ1v) is 9.36. The number of nitrogens with zero attached hydrogens (tertiary/aromatic N) is 4. The van der Waals surface area contributed by atoms with Gasteiger partial charge < -0.3 is 4.90 Å². The molecule has 1 saturated heterocycles. The van der Waals surface area contributed by atoms with Crippen molar-refractivity contribution >= 4 is 11.5 Å². The second-order valence-corrected chi connectivity index (χ2v) is 7.30. The third kappa shape index (κ3) is 2.90. The standard InChI is InChI=1S/C21H26N4/c1-15(2)18-14-19(24-12-8-5-9-13-24)25-21(22-18)20(16(3)23-25)17-10-6-4-7-11-17/h4,6-7,10-11,14-15H,5,8-9,12-13H2,1-3H3. The van der Waals surface area contributed by atoms with Gasteiger partial charge in [0, 0.05) is 30.4 Å². The fourth-order valence-corrected chi connectivity index (χ4v) is 3.71. The summed E-state index contributed by atoms with van der Waals surface area (Å²) in [5, 5.41) is 4.88. The van der Waals surface area contributed by atoms with Gasteiger partial charge in [-0.15, -0.1) is 0 Å². The Balaban J connectivity index is 1.96. The zero-order valence-corrected chi connectivity index (χ0v) is 15.4. The normalized spacial score (nSPS) is 15.3. The summed E-state index contributed by atoms with van der Waals surface area (Å²) in [5.41, 5.74) is 5.51. The molecule has 0 saturated carbocycles. The minimum absolute atomic E-state index is 0.396. The lowest BCUT2D eigenvalue weighted by molar-refractivity contribution is 0.567. The summed E-state index contributed by atoms with van der Waals surface area (Å²) in [7, 11) is 0. The van der Waals surface area contributed by atoms with Crippen molar-refractivity contribution in [2.75, 3.05) is 18.0 Å². The van der Waals surface area contributed by atoms with Crippen molar-refractivity contribution in [3.63, 3.8) is 0 Å². The average molecular weight is 334 g/mol. The molecule has 0 N–H and O–H groups in total. The van der Waals surface area contributed by atoms with Gasteiger partial charge in [0.15, 0.2) is 5.65 Å². The van der Waals surface area contributed by atoms with E-state index in [4.69, 9.17) is 10.1 Å². The highest BCUT2D eigenvalue weighted by Gasteiger charge is 2.21. The van der Waals surface area contributed by atoms with E-state index in [-0.39, 0.29) is 0 Å². The lowest BCUT2D eigenvalue weighted by Crippen LogP contribution is -2.31. The highest BCUT2D eigenvalue weighted by molar-refractivity contribution is 5.81. The van der Waals surface area contributed by atoms with Crippen LogP contribution in [0.15, 0.2) is 36.4 Å². The van der Waals surface area contributed by atoms with Crippen LogP contribution in [0.3, 0.4) is 0 Å². The number of piperidine rings is 1. The van der Waals surface area contributed by atoms with Crippen molar-refractivity contribution in [1.82, 2.24) is 14.6 Å². The molecule has 0 atom stereocenters. The van der Waals surface area contributed by atoms with Gasteiger partial charge in [-0.25, -0.2) is 4.98 Å². The maximum Gasteiger partial charge on any atom is 0.165 e. The van der Waals surface area contributed by atoms with Gasteiger partial charge in [0.05, 0.1) is 5.69 Å². The molecule has 4 rings (SSSR count). The predicted molar refractivity (Wildman–Crippen MR) is 103 cm³/mol. The highest BCUT2D eigenvalue weighted by atomic mass is 15.4. The third-order valence-electron chi connectivity index (χ3n) is 5.10. The van der Waals surface area contributed by atoms with E-state index in [1.54, 1.807) is 0 Å². The summed E-state index contributed by atoms with van der Waals surface area (Å²) >= 11 is 0. The molecule has 130 valence electrons. The molecule has 0 aliphatic carbocycles. The highest BCUT2D eigenvalue weighted by Crippen LogP contribution is 2.32. The summed E-state index contributed by atoms with van der Waals surface area (Å²) in [6, 6.07) is 12.7. The minimum atomic E-state index is 0.396. The lowest BCUT2D eigenvalue weighted by atomic mass is 10.1. The van der Waals surface area contributed by atoms with E-state index in [0.29, 0.717) is 5.92 Å². The number of benzene rings is 1. The summed E-state index contributed by atoms with van der Waals surface area (Å²) < 4.78 is 2.06. The van der Waals surface area contributed by atoms with Crippen molar-refractivity contribution in [3.05, 3.63) is 47.8 Å². The van der Waals surface area contributed by atoms with Crippen molar-refractivity contribution < 1.29 is 0 Å². The van der Waals surface area contributed by atoms with Gasteiger partial charge in [-0.3, -0.25) is 0 Å². The van der Waals surface area contributed by atoms with Gasteiger partial charge in [-0.2, -0.15) is 9.61 Å². The minimum Gasteiger partial charge on any atom is -0.356 e. The number of aryl methyl sites for hydroxylation is 1. The van der Waals surface area contributed by atoms with Gasteiger partial charge in [0.2, 0.25) is 0 Å². The van der Waals surface area contributed by atoms with Gasteiger partial charge >= 0.3 is 0 Å². The molecule has 0 radical (unpaired) electrons. The smallest absolute Gasteiger partial charge is 0.165 e. The van der Waals surface area contributed by atoms with Gasteiger partial charge in [0.1, 0.15) is 5.82 Å². The summed E-state index contributed by atoms with van der Waals surface area (Å²) in [4.78, 5) is 7.48. The Bertz CT molecular complexity index is 874. The average Bonchev–Trinajstić information content (AvgIpc) is 2.98. The molecule has 0 amide bonds. The molecule has 3 aromatic rings. The molecule has 1 aromatic carbocycles. The topological polar surface area (TPSA) is 33.4 Å². The van der Waals surface area contributed by atoms with E-state index in [0.717, 1.165) is 35.7 Å². The number of anilines is 1. The fraction of sp³-hybridized carbons (Fsp3) is 0.429. The zero-order valence-electron chi connectivity index (χ0n) is 15.4. The molecule has 0 spiro atoms. The Morgan fingerprint density at radius 1 is 1.00 bits per heavy atom. The number of hydrogen-bond donors (Lipinski definition) is 0. The number of hydrogen-bond acceptors (Lipinski definition) is 3. The van der Waals surface area contributed by atoms with E-state index in [1.807, 2.05) is 0 Å². The molecule has 3 heterocycles. The van der Waals surface area contributed by atoms with Crippen LogP contribution >= 0.6 is 0 Å². The summed E-state index contributed by atoms with van der Waals surface area (Å²) in [6.07, 6.45) is 3.84. The molecule has 0 bridgehead atoms. The van der Waals surface area contributed by atoms with Crippen molar-refractivity contribution in [2.24, 2.45) is 0 Å². The Labute approximate surface area is 149 Å². The van der Waals surface area contributed by atoms with Gasteiger partial charge in [0.25, 0.3) is 0 Å². The predicted octanol–water partition coefficient (Wildman–Crippen LogP) is 4.82. The van der Waals surface area contributed by atoms with Crippen LogP contribution in [0.25, 0.3) is 16.8 Å². The van der Waals surface area contributed by atoms with E-state index in [1.165, 1.54) is 30.6 Å². The quantitative estimate of drug-likeness (QED) is 0.688. The Morgan fingerprint density at radius 3 is 2.40 bits per heavy atom. The molecule has 4 heteroatoms. The Kier molecular flexibility index (Phi) is 4.20. The maximum absolute atomic E-state index is 5.00. The Morgan fingerprint density at radius 2 is 1.72 bits per heavy atom. The third-order valence-corrected chi connectivity index (χ3v) is 5.10. The van der Waals surface area contributed by atoms with Crippen LogP contribution in [-0.4, -0.2) is 27.7 Å². The van der Waals surface area contributed by atoms with Crippen LogP contribution in [0.1, 0.15) is 50.4 Å². The zero-order chi connectivity index (χ0) is 17.4. The molecular formula is C21H26N4. The number of fused-ring (bicyclic) bond motifs is 1. The van der Waals surface area contributed by atoms with Crippen LogP contribution in [0, 0.1) is 6.92 Å². The van der Waals surface area contributed by atoms with Crippen LogP contribution in [0.4, 0.5) is 5.82 Å². The maximum atomic E-state index is 5.00. The second-order valence-electron chi connectivity index (χ2n) is 7.30. The van der Waals surface area contributed by atoms with Crippen LogP contribution in [0.5, 0.6) is 0 Å². The van der Waals surface area contributed by atoms with Crippen LogP contribution < -0.4 is 4.90 Å². The molecule has 2 aromatic heterocycles. The van der Waals surface area contributed by atoms with E-state index in [9.17, 15) is 0 Å². The molecule has 25 heavy (non-hydrogen) atoms. The first-order chi connectivity index (χ1) is 12.1. The number of rotatable bonds is 3. The Hall–Kier alpha value is -2.36. The van der Waals surface area contributed by atoms with E-state index in [2.05, 4.69) is 66.6 Å². The monoisotopic (exact) mass is 334 g/mol. The second kappa shape index (κ2) is 6.51. The molecular weight excluding hydrogens is 308 g/mol. The molecule has 1 aliphatic heterocycles. The van der Waals surface area contributed by atoms with E-state index < -0.39 is 0 Å². The molecule has 0 unspecified atom stereocenters. The largest absolute Gasteiger partial charge is 0.356 e. The first-order valence-electron chi connectivity index (χ1n) is 9.36.